The summed E-state index contributed by atoms with van der Waals surface area (Å²) in [4.78, 5) is 17.5. The van der Waals surface area contributed by atoms with Gasteiger partial charge in [-0.25, -0.2) is 18.4 Å². The van der Waals surface area contributed by atoms with Gasteiger partial charge in [-0.15, -0.1) is 0 Å². The number of carbonyl (C=O) groups is 1. The molecular formula is C7H9N3O4S. The number of nitrogens with two attached hydrogens (primary N) is 1. The maximum Gasteiger partial charge on any atom is 0.307 e. The van der Waals surface area contributed by atoms with Crippen LogP contribution in [0.2, 0.25) is 0 Å². The van der Waals surface area contributed by atoms with Gasteiger partial charge in [0.1, 0.15) is 0 Å². The van der Waals surface area contributed by atoms with E-state index in [1.165, 1.54) is 0 Å². The van der Waals surface area contributed by atoms with Crippen molar-refractivity contribution in [2.75, 3.05) is 12.0 Å². The molecular weight excluding hydrogens is 222 g/mol. The molecule has 0 saturated heterocycles. The third-order valence-corrected chi connectivity index (χ3v) is 2.59. The van der Waals surface area contributed by atoms with Crippen LogP contribution in [0.15, 0.2) is 11.2 Å². The smallest absolute Gasteiger partial charge is 0.307 e. The number of anilines is 1. The molecule has 82 valence electrons. The molecule has 1 aromatic heterocycles. The Labute approximate surface area is 85.9 Å². The number of aliphatic carboxylic acids is 1. The number of aromatic nitrogens is 2. The molecule has 0 aliphatic heterocycles. The quantitative estimate of drug-likeness (QED) is 0.645. The van der Waals surface area contributed by atoms with E-state index in [2.05, 4.69) is 9.97 Å². The zero-order chi connectivity index (χ0) is 11.6. The van der Waals surface area contributed by atoms with Gasteiger partial charge < -0.3 is 10.8 Å². The Balaban J connectivity index is 3.33. The van der Waals surface area contributed by atoms with Crippen LogP contribution in [0.1, 0.15) is 5.56 Å². The first-order valence-electron chi connectivity index (χ1n) is 3.84. The predicted molar refractivity (Wildman–Crippen MR) is 50.9 cm³/mol. The van der Waals surface area contributed by atoms with Crippen molar-refractivity contribution in [3.05, 3.63) is 11.8 Å². The second-order valence-electron chi connectivity index (χ2n) is 2.90. The van der Waals surface area contributed by atoms with Crippen molar-refractivity contribution in [1.29, 1.82) is 0 Å². The minimum atomic E-state index is -3.60. The minimum absolute atomic E-state index is 0.0270. The maximum absolute atomic E-state index is 11.2. The lowest BCUT2D eigenvalue weighted by atomic mass is 10.2. The van der Waals surface area contributed by atoms with Crippen molar-refractivity contribution >= 4 is 21.8 Å². The number of sulfone groups is 1. The van der Waals surface area contributed by atoms with Crippen LogP contribution in [0, 0.1) is 0 Å². The third-order valence-electron chi connectivity index (χ3n) is 1.54. The van der Waals surface area contributed by atoms with Crippen LogP contribution < -0.4 is 5.73 Å². The molecule has 0 amide bonds. The normalized spacial score (nSPS) is 11.3. The molecule has 1 heterocycles. The SMILES string of the molecule is CS(=O)(=O)c1nc(N)ncc1CC(=O)O. The monoisotopic (exact) mass is 231 g/mol. The fourth-order valence-corrected chi connectivity index (χ4v) is 1.87. The van der Waals surface area contributed by atoms with E-state index in [9.17, 15) is 13.2 Å². The number of carboxylic acids is 1. The number of rotatable bonds is 3. The largest absolute Gasteiger partial charge is 0.481 e. The topological polar surface area (TPSA) is 123 Å². The molecule has 0 spiro atoms. The zero-order valence-corrected chi connectivity index (χ0v) is 8.65. The Morgan fingerprint density at radius 1 is 1.60 bits per heavy atom. The second-order valence-corrected chi connectivity index (χ2v) is 4.83. The summed E-state index contributed by atoms with van der Waals surface area (Å²) in [5.74, 6) is -1.36. The zero-order valence-electron chi connectivity index (χ0n) is 7.84. The van der Waals surface area contributed by atoms with E-state index in [1.54, 1.807) is 0 Å². The standard InChI is InChI=1S/C7H9N3O4S/c1-15(13,14)6-4(2-5(11)12)3-9-7(8)10-6/h3H,2H2,1H3,(H,11,12)(H2,8,9,10). The fourth-order valence-electron chi connectivity index (χ4n) is 1.01. The van der Waals surface area contributed by atoms with Gasteiger partial charge >= 0.3 is 5.97 Å². The number of nitrogens with zero attached hydrogens (tertiary/aromatic N) is 2. The third kappa shape index (κ3) is 2.88. The molecule has 0 aliphatic rings. The molecule has 0 saturated carbocycles. The first-order chi connectivity index (χ1) is 6.80. The summed E-state index contributed by atoms with van der Waals surface area (Å²) in [6.07, 6.45) is 1.58. The second kappa shape index (κ2) is 3.81. The van der Waals surface area contributed by atoms with Gasteiger partial charge in [0.15, 0.2) is 14.9 Å². The molecule has 1 aromatic rings. The highest BCUT2D eigenvalue weighted by atomic mass is 32.2. The van der Waals surface area contributed by atoms with Gasteiger partial charge in [-0.05, 0) is 0 Å². The summed E-state index contributed by atoms with van der Waals surface area (Å²) in [5, 5.41) is 8.21. The Hall–Kier alpha value is -1.70. The number of hydrogen-bond acceptors (Lipinski definition) is 6. The first-order valence-corrected chi connectivity index (χ1v) is 5.73. The van der Waals surface area contributed by atoms with Crippen LogP contribution in [0.4, 0.5) is 5.95 Å². The summed E-state index contributed by atoms with van der Waals surface area (Å²) >= 11 is 0. The van der Waals surface area contributed by atoms with Gasteiger partial charge in [0.2, 0.25) is 5.95 Å². The summed E-state index contributed by atoms with van der Waals surface area (Å²) < 4.78 is 22.5. The Kier molecular flexibility index (Phi) is 2.89. The fraction of sp³-hybridized carbons (Fsp3) is 0.286. The molecule has 0 unspecified atom stereocenters. The Morgan fingerprint density at radius 2 is 2.20 bits per heavy atom. The van der Waals surface area contributed by atoms with E-state index in [0.717, 1.165) is 12.5 Å². The van der Waals surface area contributed by atoms with Gasteiger partial charge in [-0.1, -0.05) is 0 Å². The predicted octanol–water partition coefficient (Wildman–Crippen LogP) is -0.911. The van der Waals surface area contributed by atoms with Gasteiger partial charge in [-0.2, -0.15) is 0 Å². The lowest BCUT2D eigenvalue weighted by Gasteiger charge is -2.04. The van der Waals surface area contributed by atoms with Gasteiger partial charge in [0, 0.05) is 18.0 Å². The average Bonchev–Trinajstić information content (AvgIpc) is 2.05. The van der Waals surface area contributed by atoms with Crippen molar-refractivity contribution in [2.45, 2.75) is 11.4 Å². The van der Waals surface area contributed by atoms with E-state index < -0.39 is 22.2 Å². The molecule has 3 N–H and O–H groups in total. The lowest BCUT2D eigenvalue weighted by Crippen LogP contribution is -2.12. The van der Waals surface area contributed by atoms with Crippen LogP contribution in [0.5, 0.6) is 0 Å². The molecule has 0 aromatic carbocycles. The number of hydrogen-bond donors (Lipinski definition) is 2. The summed E-state index contributed by atoms with van der Waals surface area (Å²) in [6, 6.07) is 0. The molecule has 0 atom stereocenters. The summed E-state index contributed by atoms with van der Waals surface area (Å²) in [6.45, 7) is 0. The Morgan fingerprint density at radius 3 is 2.67 bits per heavy atom. The molecule has 7 nitrogen and oxygen atoms in total. The highest BCUT2D eigenvalue weighted by Gasteiger charge is 2.18. The van der Waals surface area contributed by atoms with Crippen molar-refractivity contribution < 1.29 is 18.3 Å². The van der Waals surface area contributed by atoms with Crippen LogP contribution in [0.3, 0.4) is 0 Å². The average molecular weight is 231 g/mol. The van der Waals surface area contributed by atoms with Crippen LogP contribution in [0.25, 0.3) is 0 Å². The first kappa shape index (κ1) is 11.4. The van der Waals surface area contributed by atoms with E-state index in [0.29, 0.717) is 0 Å². The molecule has 0 aliphatic carbocycles. The van der Waals surface area contributed by atoms with Crippen molar-refractivity contribution in [3.8, 4) is 0 Å². The van der Waals surface area contributed by atoms with E-state index >= 15 is 0 Å². The van der Waals surface area contributed by atoms with Gasteiger partial charge in [0.25, 0.3) is 0 Å². The van der Waals surface area contributed by atoms with Gasteiger partial charge in [-0.3, -0.25) is 4.79 Å². The Bertz CT molecular complexity index is 497. The van der Waals surface area contributed by atoms with E-state index in [1.807, 2.05) is 0 Å². The van der Waals surface area contributed by atoms with Crippen LogP contribution in [-0.4, -0.2) is 35.7 Å². The maximum atomic E-state index is 11.2. The minimum Gasteiger partial charge on any atom is -0.481 e. The van der Waals surface area contributed by atoms with Crippen molar-refractivity contribution in [1.82, 2.24) is 9.97 Å². The van der Waals surface area contributed by atoms with E-state index in [-0.39, 0.29) is 16.5 Å². The van der Waals surface area contributed by atoms with Crippen molar-refractivity contribution in [2.24, 2.45) is 0 Å². The van der Waals surface area contributed by atoms with Gasteiger partial charge in [0.05, 0.1) is 6.42 Å². The molecule has 0 fully saturated rings. The highest BCUT2D eigenvalue weighted by Crippen LogP contribution is 2.13. The molecule has 1 rings (SSSR count). The molecule has 8 heteroatoms. The molecule has 0 radical (unpaired) electrons. The van der Waals surface area contributed by atoms with Crippen molar-refractivity contribution in [3.63, 3.8) is 0 Å². The van der Waals surface area contributed by atoms with E-state index in [4.69, 9.17) is 10.8 Å². The summed E-state index contributed by atoms with van der Waals surface area (Å²) in [5.41, 5.74) is 5.25. The number of carboxylic acid groups (broad SMARTS) is 1. The highest BCUT2D eigenvalue weighted by molar-refractivity contribution is 7.90. The summed E-state index contributed by atoms with van der Waals surface area (Å²) in [7, 11) is -3.60. The van der Waals surface area contributed by atoms with Crippen LogP contribution >= 0.6 is 0 Å². The molecule has 15 heavy (non-hydrogen) atoms. The number of nitrogen functional groups attached to an aromatic ring is 1. The molecule has 0 bridgehead atoms. The lowest BCUT2D eigenvalue weighted by molar-refractivity contribution is -0.136. The van der Waals surface area contributed by atoms with Crippen LogP contribution in [-0.2, 0) is 21.1 Å².